The highest BCUT2D eigenvalue weighted by Gasteiger charge is 2.40. The minimum absolute atomic E-state index is 0.0677. The van der Waals surface area contributed by atoms with E-state index in [4.69, 9.17) is 5.11 Å². The van der Waals surface area contributed by atoms with Crippen molar-refractivity contribution in [1.29, 1.82) is 0 Å². The lowest BCUT2D eigenvalue weighted by molar-refractivity contribution is -0.137. The van der Waals surface area contributed by atoms with Crippen molar-refractivity contribution in [2.24, 2.45) is 11.8 Å². The van der Waals surface area contributed by atoms with Gasteiger partial charge in [-0.2, -0.15) is 0 Å². The van der Waals surface area contributed by atoms with Gasteiger partial charge in [0.1, 0.15) is 11.6 Å². The van der Waals surface area contributed by atoms with Crippen molar-refractivity contribution in [2.75, 3.05) is 0 Å². The van der Waals surface area contributed by atoms with Crippen LogP contribution in [0.25, 0.3) is 0 Å². The number of carboxylic acid groups (broad SMARTS) is 1. The Morgan fingerprint density at radius 1 is 1.12 bits per heavy atom. The number of unbranched alkanes of at least 4 members (excludes halogenated alkanes) is 3. The smallest absolute Gasteiger partial charge is 0.303 e. The first kappa shape index (κ1) is 21.6. The Morgan fingerprint density at radius 2 is 1.88 bits per heavy atom. The second kappa shape index (κ2) is 12.0. The predicted octanol–water partition coefficient (Wildman–Crippen LogP) is 3.68. The maximum atomic E-state index is 12.1. The molecule has 0 unspecified atom stereocenters. The van der Waals surface area contributed by atoms with Crippen LogP contribution in [0.3, 0.4) is 0 Å². The van der Waals surface area contributed by atoms with Crippen LogP contribution in [0.4, 0.5) is 0 Å². The van der Waals surface area contributed by atoms with Crippen LogP contribution in [0.5, 0.6) is 0 Å². The van der Waals surface area contributed by atoms with Gasteiger partial charge in [0.05, 0.1) is 6.10 Å². The fourth-order valence-electron chi connectivity index (χ4n) is 3.47. The lowest BCUT2D eigenvalue weighted by Gasteiger charge is -2.19. The summed E-state index contributed by atoms with van der Waals surface area (Å²) in [5, 5.41) is 18.7. The zero-order valence-electron chi connectivity index (χ0n) is 15.3. The zero-order chi connectivity index (χ0) is 18.7. The third-order valence-corrected chi connectivity index (χ3v) is 4.96. The van der Waals surface area contributed by atoms with E-state index in [0.29, 0.717) is 38.5 Å². The van der Waals surface area contributed by atoms with Gasteiger partial charge in [-0.15, -0.1) is 0 Å². The summed E-state index contributed by atoms with van der Waals surface area (Å²) in [5.41, 5.74) is 0. The number of rotatable bonds is 13. The van der Waals surface area contributed by atoms with E-state index >= 15 is 0 Å². The van der Waals surface area contributed by atoms with E-state index in [-0.39, 0.29) is 36.2 Å². The number of aliphatic hydroxyl groups excluding tert-OH is 1. The van der Waals surface area contributed by atoms with Gasteiger partial charge in [-0.1, -0.05) is 31.9 Å². The Kier molecular flexibility index (Phi) is 10.3. The van der Waals surface area contributed by atoms with E-state index in [9.17, 15) is 19.5 Å². The molecule has 0 saturated heterocycles. The van der Waals surface area contributed by atoms with Crippen molar-refractivity contribution in [2.45, 2.75) is 83.7 Å². The Bertz CT molecular complexity index is 469. The lowest BCUT2D eigenvalue weighted by atomic mass is 9.86. The first-order valence-corrected chi connectivity index (χ1v) is 9.55. The molecule has 25 heavy (non-hydrogen) atoms. The summed E-state index contributed by atoms with van der Waals surface area (Å²) in [6, 6.07) is 0. The quantitative estimate of drug-likeness (QED) is 0.390. The molecule has 142 valence electrons. The summed E-state index contributed by atoms with van der Waals surface area (Å²) < 4.78 is 0. The average Bonchev–Trinajstić information content (AvgIpc) is 2.82. The number of carboxylic acids is 1. The first-order chi connectivity index (χ1) is 12.0. The summed E-state index contributed by atoms with van der Waals surface area (Å²) in [4.78, 5) is 34.5. The number of hydrogen-bond donors (Lipinski definition) is 2. The number of hydrogen-bond acceptors (Lipinski definition) is 4. The standard InChI is InChI=1S/C20H32O5/c1-2-3-6-9-15(21)12-13-17-16(18(22)14-19(17)23)10-7-4-5-8-11-20(24)25/h4,7,16-18,22H,2-3,5-6,8-14H2,1H3,(H,24,25)/b7-4-/t16-,17-,18-/m1/s1. The van der Waals surface area contributed by atoms with Crippen molar-refractivity contribution in [1.82, 2.24) is 0 Å². The fraction of sp³-hybridized carbons (Fsp3) is 0.750. The molecule has 0 aromatic carbocycles. The topological polar surface area (TPSA) is 91.7 Å². The number of carbonyl (C=O) groups is 3. The van der Waals surface area contributed by atoms with Crippen molar-refractivity contribution in [3.05, 3.63) is 12.2 Å². The van der Waals surface area contributed by atoms with E-state index in [1.54, 1.807) is 0 Å². The van der Waals surface area contributed by atoms with E-state index in [1.165, 1.54) is 0 Å². The van der Waals surface area contributed by atoms with Gasteiger partial charge in [-0.05, 0) is 38.0 Å². The van der Waals surface area contributed by atoms with Gasteiger partial charge in [0, 0.05) is 31.6 Å². The van der Waals surface area contributed by atoms with E-state index in [2.05, 4.69) is 6.92 Å². The monoisotopic (exact) mass is 352 g/mol. The Labute approximate surface area is 150 Å². The number of allylic oxidation sites excluding steroid dienone is 2. The fourth-order valence-corrected chi connectivity index (χ4v) is 3.47. The molecule has 0 spiro atoms. The summed E-state index contributed by atoms with van der Waals surface area (Å²) in [6.45, 7) is 2.10. The average molecular weight is 352 g/mol. The third-order valence-electron chi connectivity index (χ3n) is 4.96. The van der Waals surface area contributed by atoms with Crippen LogP contribution < -0.4 is 0 Å². The first-order valence-electron chi connectivity index (χ1n) is 9.55. The molecule has 1 aliphatic carbocycles. The van der Waals surface area contributed by atoms with Crippen LogP contribution in [0.15, 0.2) is 12.2 Å². The van der Waals surface area contributed by atoms with Gasteiger partial charge in [0.25, 0.3) is 0 Å². The summed E-state index contributed by atoms with van der Waals surface area (Å²) in [6.07, 6.45) is 10.1. The van der Waals surface area contributed by atoms with Gasteiger partial charge >= 0.3 is 5.97 Å². The van der Waals surface area contributed by atoms with Gasteiger partial charge in [0.15, 0.2) is 0 Å². The maximum absolute atomic E-state index is 12.1. The summed E-state index contributed by atoms with van der Waals surface area (Å²) >= 11 is 0. The molecule has 1 aliphatic rings. The maximum Gasteiger partial charge on any atom is 0.303 e. The van der Waals surface area contributed by atoms with Crippen LogP contribution in [-0.2, 0) is 14.4 Å². The normalized spacial score (nSPS) is 23.4. The predicted molar refractivity (Wildman–Crippen MR) is 96.2 cm³/mol. The molecule has 1 rings (SSSR count). The molecular weight excluding hydrogens is 320 g/mol. The second-order valence-electron chi connectivity index (χ2n) is 7.04. The molecule has 0 radical (unpaired) electrons. The lowest BCUT2D eigenvalue weighted by Crippen LogP contribution is -2.21. The third kappa shape index (κ3) is 8.43. The molecule has 0 heterocycles. The molecule has 0 bridgehead atoms. The van der Waals surface area contributed by atoms with E-state index < -0.39 is 12.1 Å². The SMILES string of the molecule is CCCCCC(=O)CC[C@H]1C(=O)C[C@@H](O)[C@@H]1C/C=C\CCCC(=O)O. The molecule has 0 aromatic heterocycles. The minimum Gasteiger partial charge on any atom is -0.481 e. The van der Waals surface area contributed by atoms with Crippen LogP contribution in [0.1, 0.15) is 77.6 Å². The van der Waals surface area contributed by atoms with Gasteiger partial charge in [-0.3, -0.25) is 14.4 Å². The Morgan fingerprint density at radius 3 is 2.56 bits per heavy atom. The minimum atomic E-state index is -0.797. The van der Waals surface area contributed by atoms with Crippen molar-refractivity contribution in [3.63, 3.8) is 0 Å². The molecule has 2 N–H and O–H groups in total. The van der Waals surface area contributed by atoms with Crippen LogP contribution in [-0.4, -0.2) is 33.9 Å². The van der Waals surface area contributed by atoms with Crippen molar-refractivity contribution in [3.8, 4) is 0 Å². The summed E-state index contributed by atoms with van der Waals surface area (Å²) in [7, 11) is 0. The number of ketones is 2. The highest BCUT2D eigenvalue weighted by Crippen LogP contribution is 2.35. The molecule has 1 saturated carbocycles. The van der Waals surface area contributed by atoms with Crippen LogP contribution in [0.2, 0.25) is 0 Å². The largest absolute Gasteiger partial charge is 0.481 e. The van der Waals surface area contributed by atoms with E-state index in [0.717, 1.165) is 19.3 Å². The number of aliphatic hydroxyl groups is 1. The van der Waals surface area contributed by atoms with Gasteiger partial charge in [0.2, 0.25) is 0 Å². The Balaban J connectivity index is 2.39. The molecule has 0 amide bonds. The van der Waals surface area contributed by atoms with Crippen molar-refractivity contribution >= 4 is 17.5 Å². The highest BCUT2D eigenvalue weighted by molar-refractivity contribution is 5.85. The molecular formula is C20H32O5. The number of Topliss-reactive ketones (excluding diaryl/α,β-unsaturated/α-hetero) is 2. The van der Waals surface area contributed by atoms with E-state index in [1.807, 2.05) is 12.2 Å². The number of aliphatic carboxylic acids is 1. The van der Waals surface area contributed by atoms with Crippen LogP contribution in [0, 0.1) is 11.8 Å². The zero-order valence-corrected chi connectivity index (χ0v) is 15.3. The molecule has 0 aromatic rings. The molecule has 3 atom stereocenters. The molecule has 5 heteroatoms. The van der Waals surface area contributed by atoms with Gasteiger partial charge in [-0.25, -0.2) is 0 Å². The molecule has 5 nitrogen and oxygen atoms in total. The molecule has 1 fully saturated rings. The Hall–Kier alpha value is -1.49. The van der Waals surface area contributed by atoms with Crippen molar-refractivity contribution < 1.29 is 24.6 Å². The van der Waals surface area contributed by atoms with Crippen LogP contribution >= 0.6 is 0 Å². The molecule has 0 aliphatic heterocycles. The second-order valence-corrected chi connectivity index (χ2v) is 7.04. The van der Waals surface area contributed by atoms with Gasteiger partial charge < -0.3 is 10.2 Å². The summed E-state index contributed by atoms with van der Waals surface area (Å²) in [5.74, 6) is -0.863. The highest BCUT2D eigenvalue weighted by atomic mass is 16.4. The number of carbonyl (C=O) groups excluding carboxylic acids is 2.